The van der Waals surface area contributed by atoms with Gasteiger partial charge < -0.3 is 9.94 Å². The first-order valence-electron chi connectivity index (χ1n) is 3.01. The molecule has 0 spiro atoms. The van der Waals surface area contributed by atoms with Crippen molar-refractivity contribution in [2.75, 3.05) is 13.2 Å². The van der Waals surface area contributed by atoms with Crippen LogP contribution in [-0.2, 0) is 9.53 Å². The van der Waals surface area contributed by atoms with Crippen LogP contribution in [0.4, 0.5) is 0 Å². The van der Waals surface area contributed by atoms with Gasteiger partial charge in [0.25, 0.3) is 0 Å². The summed E-state index contributed by atoms with van der Waals surface area (Å²) in [6, 6.07) is 0. The van der Waals surface area contributed by atoms with Crippen LogP contribution in [0.15, 0.2) is 12.2 Å². The summed E-state index contributed by atoms with van der Waals surface area (Å²) in [6.45, 7) is 2.35. The summed E-state index contributed by atoms with van der Waals surface area (Å²) in [5.41, 5.74) is 1.87. The second-order valence-corrected chi connectivity index (χ2v) is 1.52. The molecule has 0 aromatic heterocycles. The first kappa shape index (κ1) is 9.13. The van der Waals surface area contributed by atoms with Crippen molar-refractivity contribution in [3.05, 3.63) is 12.2 Å². The van der Waals surface area contributed by atoms with E-state index in [0.29, 0.717) is 6.61 Å². The van der Waals surface area contributed by atoms with Gasteiger partial charge in [0.15, 0.2) is 0 Å². The molecule has 0 aliphatic rings. The monoisotopic (exact) mass is 145 g/mol. The van der Waals surface area contributed by atoms with E-state index in [4.69, 9.17) is 5.21 Å². The van der Waals surface area contributed by atoms with Gasteiger partial charge in [-0.1, -0.05) is 6.08 Å². The Morgan fingerprint density at radius 3 is 3.00 bits per heavy atom. The molecule has 2 N–H and O–H groups in total. The zero-order valence-corrected chi connectivity index (χ0v) is 5.83. The van der Waals surface area contributed by atoms with Crippen molar-refractivity contribution in [3.8, 4) is 0 Å². The van der Waals surface area contributed by atoms with Crippen LogP contribution in [0.3, 0.4) is 0 Å². The molecule has 0 radical (unpaired) electrons. The highest BCUT2D eigenvalue weighted by Crippen LogP contribution is 1.79. The molecular weight excluding hydrogens is 134 g/mol. The highest BCUT2D eigenvalue weighted by atomic mass is 16.5. The number of carbonyl (C=O) groups is 1. The molecule has 0 bridgehead atoms. The van der Waals surface area contributed by atoms with Gasteiger partial charge in [0, 0.05) is 12.6 Å². The third kappa shape index (κ3) is 5.27. The average molecular weight is 145 g/mol. The van der Waals surface area contributed by atoms with Crippen LogP contribution in [0.2, 0.25) is 0 Å². The van der Waals surface area contributed by atoms with Crippen LogP contribution in [0.25, 0.3) is 0 Å². The van der Waals surface area contributed by atoms with Crippen LogP contribution >= 0.6 is 0 Å². The van der Waals surface area contributed by atoms with Gasteiger partial charge in [-0.2, -0.15) is 0 Å². The van der Waals surface area contributed by atoms with E-state index in [-0.39, 0.29) is 6.54 Å². The number of hydroxylamine groups is 1. The third-order valence-corrected chi connectivity index (χ3v) is 0.750. The second kappa shape index (κ2) is 6.25. The maximum Gasteiger partial charge on any atom is 0.330 e. The van der Waals surface area contributed by atoms with Gasteiger partial charge >= 0.3 is 5.97 Å². The Morgan fingerprint density at radius 2 is 2.50 bits per heavy atom. The first-order valence-corrected chi connectivity index (χ1v) is 3.01. The fourth-order valence-corrected chi connectivity index (χ4v) is 0.398. The van der Waals surface area contributed by atoms with Crippen molar-refractivity contribution in [2.24, 2.45) is 0 Å². The molecule has 58 valence electrons. The summed E-state index contributed by atoms with van der Waals surface area (Å²) < 4.78 is 4.55. The van der Waals surface area contributed by atoms with Gasteiger partial charge in [-0.3, -0.25) is 0 Å². The molecule has 4 heteroatoms. The van der Waals surface area contributed by atoms with Crippen LogP contribution in [0, 0.1) is 0 Å². The quantitative estimate of drug-likeness (QED) is 0.334. The van der Waals surface area contributed by atoms with Gasteiger partial charge in [-0.25, -0.2) is 10.3 Å². The first-order chi connectivity index (χ1) is 4.81. The molecule has 0 amide bonds. The molecule has 0 aromatic carbocycles. The van der Waals surface area contributed by atoms with Crippen molar-refractivity contribution in [2.45, 2.75) is 6.92 Å². The SMILES string of the molecule is CCOC(=O)/C=C/CNO. The molecule has 0 heterocycles. The Labute approximate surface area is 59.4 Å². The zero-order chi connectivity index (χ0) is 7.82. The summed E-state index contributed by atoms with van der Waals surface area (Å²) in [4.78, 5) is 10.5. The van der Waals surface area contributed by atoms with Crippen LogP contribution in [-0.4, -0.2) is 24.3 Å². The summed E-state index contributed by atoms with van der Waals surface area (Å²) in [6.07, 6.45) is 2.73. The van der Waals surface area contributed by atoms with E-state index in [9.17, 15) is 4.79 Å². The Balaban J connectivity index is 3.36. The van der Waals surface area contributed by atoms with Crippen molar-refractivity contribution < 1.29 is 14.7 Å². The topological polar surface area (TPSA) is 58.6 Å². The summed E-state index contributed by atoms with van der Waals surface area (Å²) in [7, 11) is 0. The predicted molar refractivity (Wildman–Crippen MR) is 35.6 cm³/mol. The number of nitrogens with one attached hydrogen (secondary N) is 1. The van der Waals surface area contributed by atoms with Crippen LogP contribution in [0.5, 0.6) is 0 Å². The maximum absolute atomic E-state index is 10.5. The van der Waals surface area contributed by atoms with Crippen molar-refractivity contribution in [3.63, 3.8) is 0 Å². The van der Waals surface area contributed by atoms with E-state index in [0.717, 1.165) is 0 Å². The number of rotatable bonds is 4. The standard InChI is InChI=1S/C6H11NO3/c1-2-10-6(8)4-3-5-7-9/h3-4,7,9H,2,5H2,1H3/b4-3+. The molecule has 0 fully saturated rings. The number of hydrogen-bond acceptors (Lipinski definition) is 4. The van der Waals surface area contributed by atoms with Gasteiger partial charge in [0.2, 0.25) is 0 Å². The minimum atomic E-state index is -0.391. The molecule has 0 saturated carbocycles. The predicted octanol–water partition coefficient (Wildman–Crippen LogP) is 0.0845. The molecular formula is C6H11NO3. The normalized spacial score (nSPS) is 10.2. The largest absolute Gasteiger partial charge is 0.463 e. The molecule has 0 aliphatic carbocycles. The Bertz CT molecular complexity index is 122. The smallest absolute Gasteiger partial charge is 0.330 e. The minimum Gasteiger partial charge on any atom is -0.463 e. The molecule has 4 nitrogen and oxygen atoms in total. The highest BCUT2D eigenvalue weighted by molar-refractivity contribution is 5.81. The fraction of sp³-hybridized carbons (Fsp3) is 0.500. The van der Waals surface area contributed by atoms with Gasteiger partial charge in [-0.05, 0) is 6.92 Å². The lowest BCUT2D eigenvalue weighted by molar-refractivity contribution is -0.137. The van der Waals surface area contributed by atoms with Crippen molar-refractivity contribution in [1.29, 1.82) is 0 Å². The zero-order valence-electron chi connectivity index (χ0n) is 5.83. The van der Waals surface area contributed by atoms with E-state index in [1.54, 1.807) is 6.92 Å². The lowest BCUT2D eigenvalue weighted by Gasteiger charge is -1.93. The molecule has 0 unspecified atom stereocenters. The Kier molecular flexibility index (Phi) is 5.71. The number of ether oxygens (including phenoxy) is 1. The molecule has 0 aliphatic heterocycles. The molecule has 0 rings (SSSR count). The summed E-state index contributed by atoms with van der Waals surface area (Å²) in [5.74, 6) is -0.391. The summed E-state index contributed by atoms with van der Waals surface area (Å²) >= 11 is 0. The molecule has 10 heavy (non-hydrogen) atoms. The van der Waals surface area contributed by atoms with E-state index in [2.05, 4.69) is 4.74 Å². The molecule has 0 saturated heterocycles. The number of carbonyl (C=O) groups excluding carboxylic acids is 1. The number of hydrogen-bond donors (Lipinski definition) is 2. The van der Waals surface area contributed by atoms with E-state index >= 15 is 0 Å². The fourth-order valence-electron chi connectivity index (χ4n) is 0.398. The Hall–Kier alpha value is -0.870. The van der Waals surface area contributed by atoms with E-state index < -0.39 is 5.97 Å². The van der Waals surface area contributed by atoms with Crippen LogP contribution in [0.1, 0.15) is 6.92 Å². The van der Waals surface area contributed by atoms with E-state index in [1.807, 2.05) is 5.48 Å². The third-order valence-electron chi connectivity index (χ3n) is 0.750. The van der Waals surface area contributed by atoms with Crippen molar-refractivity contribution in [1.82, 2.24) is 5.48 Å². The molecule has 0 atom stereocenters. The number of esters is 1. The second-order valence-electron chi connectivity index (χ2n) is 1.52. The molecule has 0 aromatic rings. The lowest BCUT2D eigenvalue weighted by atomic mass is 10.5. The maximum atomic E-state index is 10.5. The van der Waals surface area contributed by atoms with Crippen LogP contribution < -0.4 is 5.48 Å². The van der Waals surface area contributed by atoms with Gasteiger partial charge in [0.05, 0.1) is 6.61 Å². The average Bonchev–Trinajstić information content (AvgIpc) is 1.89. The highest BCUT2D eigenvalue weighted by Gasteiger charge is 1.90. The minimum absolute atomic E-state index is 0.249. The summed E-state index contributed by atoms with van der Waals surface area (Å²) in [5, 5.41) is 8.06. The van der Waals surface area contributed by atoms with Gasteiger partial charge in [0.1, 0.15) is 0 Å². The van der Waals surface area contributed by atoms with E-state index in [1.165, 1.54) is 12.2 Å². The van der Waals surface area contributed by atoms with Gasteiger partial charge in [-0.15, -0.1) is 0 Å². The Morgan fingerprint density at radius 1 is 1.80 bits per heavy atom. The lowest BCUT2D eigenvalue weighted by Crippen LogP contribution is -2.07. The van der Waals surface area contributed by atoms with Crippen molar-refractivity contribution >= 4 is 5.97 Å².